The molecule has 2 rings (SSSR count). The van der Waals surface area contributed by atoms with Crippen LogP contribution in [0.5, 0.6) is 0 Å². The average Bonchev–Trinajstić information content (AvgIpc) is 2.71. The minimum absolute atomic E-state index is 0.196. The predicted octanol–water partition coefficient (Wildman–Crippen LogP) is 4.25. The maximum atomic E-state index is 12.7. The highest BCUT2D eigenvalue weighted by Crippen LogP contribution is 2.31. The standard InChI is InChI=1S/C22H24F2N2O4S/c1-13(2)19(26-20(28)15-9-5-4-8-14(15)3)21(29)30-12-18(27)25-16-10-6-7-11-17(16)31-22(23)24/h4-11,13,19,22H,12H2,1-3H3,(H,25,27)(H,26,28)/t19-/m0/s1. The second kappa shape index (κ2) is 11.5. The van der Waals surface area contributed by atoms with Crippen molar-refractivity contribution in [3.05, 3.63) is 59.7 Å². The molecule has 9 heteroatoms. The number of para-hydroxylation sites is 1. The molecule has 6 nitrogen and oxygen atoms in total. The van der Waals surface area contributed by atoms with Gasteiger partial charge in [0.1, 0.15) is 6.04 Å². The van der Waals surface area contributed by atoms with Crippen LogP contribution in [-0.4, -0.2) is 36.2 Å². The number of hydrogen-bond donors (Lipinski definition) is 2. The molecule has 2 aromatic carbocycles. The first-order valence-electron chi connectivity index (χ1n) is 9.56. The molecule has 0 bridgehead atoms. The SMILES string of the molecule is Cc1ccccc1C(=O)N[C@H](C(=O)OCC(=O)Nc1ccccc1SC(F)F)C(C)C. The number of thioether (sulfide) groups is 1. The van der Waals surface area contributed by atoms with Crippen LogP contribution >= 0.6 is 11.8 Å². The second-order valence-electron chi connectivity index (χ2n) is 7.04. The Bertz CT molecular complexity index is 937. The number of anilines is 1. The van der Waals surface area contributed by atoms with E-state index >= 15 is 0 Å². The molecule has 2 aromatic rings. The highest BCUT2D eigenvalue weighted by atomic mass is 32.2. The summed E-state index contributed by atoms with van der Waals surface area (Å²) in [6.45, 7) is 4.64. The van der Waals surface area contributed by atoms with Crippen molar-refractivity contribution >= 4 is 35.2 Å². The van der Waals surface area contributed by atoms with E-state index in [-0.39, 0.29) is 16.5 Å². The Hall–Kier alpha value is -2.94. The van der Waals surface area contributed by atoms with Gasteiger partial charge in [-0.15, -0.1) is 0 Å². The molecule has 0 aromatic heterocycles. The molecule has 31 heavy (non-hydrogen) atoms. The number of hydrogen-bond acceptors (Lipinski definition) is 5. The topological polar surface area (TPSA) is 84.5 Å². The predicted molar refractivity (Wildman–Crippen MR) is 115 cm³/mol. The van der Waals surface area contributed by atoms with Gasteiger partial charge in [0, 0.05) is 10.5 Å². The maximum Gasteiger partial charge on any atom is 0.329 e. The van der Waals surface area contributed by atoms with E-state index in [0.717, 1.165) is 5.56 Å². The molecule has 0 aliphatic heterocycles. The third kappa shape index (κ3) is 7.36. The van der Waals surface area contributed by atoms with Crippen molar-refractivity contribution in [2.45, 2.75) is 37.5 Å². The van der Waals surface area contributed by atoms with Gasteiger partial charge >= 0.3 is 5.97 Å². The highest BCUT2D eigenvalue weighted by Gasteiger charge is 2.27. The third-order valence-electron chi connectivity index (χ3n) is 4.32. The van der Waals surface area contributed by atoms with Crippen LogP contribution in [-0.2, 0) is 14.3 Å². The minimum atomic E-state index is -2.64. The maximum absolute atomic E-state index is 12.7. The molecule has 0 saturated carbocycles. The molecule has 0 fully saturated rings. The van der Waals surface area contributed by atoms with E-state index in [1.54, 1.807) is 57.2 Å². The molecule has 2 N–H and O–H groups in total. The van der Waals surface area contributed by atoms with E-state index in [2.05, 4.69) is 10.6 Å². The van der Waals surface area contributed by atoms with Crippen molar-refractivity contribution in [3.8, 4) is 0 Å². The van der Waals surface area contributed by atoms with Gasteiger partial charge in [-0.3, -0.25) is 9.59 Å². The van der Waals surface area contributed by atoms with Gasteiger partial charge in [0.25, 0.3) is 17.6 Å². The number of esters is 1. The molecule has 2 amide bonds. The second-order valence-corrected chi connectivity index (χ2v) is 8.07. The van der Waals surface area contributed by atoms with Crippen molar-refractivity contribution in [1.82, 2.24) is 5.32 Å². The van der Waals surface area contributed by atoms with Crippen LogP contribution in [0.3, 0.4) is 0 Å². The summed E-state index contributed by atoms with van der Waals surface area (Å²) in [6.07, 6.45) is 0. The number of rotatable bonds is 9. The van der Waals surface area contributed by atoms with E-state index in [1.165, 1.54) is 12.1 Å². The summed E-state index contributed by atoms with van der Waals surface area (Å²) in [5, 5.41) is 5.10. The number of nitrogens with one attached hydrogen (secondary N) is 2. The summed E-state index contributed by atoms with van der Waals surface area (Å²) in [7, 11) is 0. The van der Waals surface area contributed by atoms with Crippen LogP contribution in [0.1, 0.15) is 29.8 Å². The zero-order valence-electron chi connectivity index (χ0n) is 17.4. The van der Waals surface area contributed by atoms with Gasteiger partial charge in [0.15, 0.2) is 6.61 Å². The molecule has 0 saturated heterocycles. The lowest BCUT2D eigenvalue weighted by Gasteiger charge is -2.21. The first kappa shape index (κ1) is 24.3. The molecular formula is C22H24F2N2O4S. The van der Waals surface area contributed by atoms with Gasteiger partial charge in [0.2, 0.25) is 0 Å². The summed E-state index contributed by atoms with van der Waals surface area (Å²) < 4.78 is 30.4. The van der Waals surface area contributed by atoms with Crippen LogP contribution in [0.2, 0.25) is 0 Å². The summed E-state index contributed by atoms with van der Waals surface area (Å²) in [5.41, 5.74) is 1.39. The summed E-state index contributed by atoms with van der Waals surface area (Å²) >= 11 is 0.303. The van der Waals surface area contributed by atoms with Gasteiger partial charge in [-0.1, -0.05) is 55.9 Å². The van der Waals surface area contributed by atoms with Crippen LogP contribution in [0.4, 0.5) is 14.5 Å². The van der Waals surface area contributed by atoms with Crippen molar-refractivity contribution in [2.24, 2.45) is 5.92 Å². The lowest BCUT2D eigenvalue weighted by Crippen LogP contribution is -2.46. The number of amides is 2. The molecule has 0 unspecified atom stereocenters. The number of halogens is 2. The normalized spacial score (nSPS) is 11.8. The van der Waals surface area contributed by atoms with Gasteiger partial charge in [0.05, 0.1) is 5.69 Å². The summed E-state index contributed by atoms with van der Waals surface area (Å²) in [5.74, 6) is -4.78. The first-order valence-corrected chi connectivity index (χ1v) is 10.4. The quantitative estimate of drug-likeness (QED) is 0.441. The Morgan fingerprint density at radius 2 is 1.68 bits per heavy atom. The van der Waals surface area contributed by atoms with Gasteiger partial charge in [-0.25, -0.2) is 4.79 Å². The number of carbonyl (C=O) groups excluding carboxylic acids is 3. The molecule has 0 spiro atoms. The summed E-state index contributed by atoms with van der Waals surface area (Å²) in [4.78, 5) is 37.4. The van der Waals surface area contributed by atoms with E-state index in [0.29, 0.717) is 17.3 Å². The molecule has 0 aliphatic carbocycles. The highest BCUT2D eigenvalue weighted by molar-refractivity contribution is 7.99. The van der Waals surface area contributed by atoms with Crippen molar-refractivity contribution in [3.63, 3.8) is 0 Å². The Morgan fingerprint density at radius 1 is 1.03 bits per heavy atom. The lowest BCUT2D eigenvalue weighted by atomic mass is 10.0. The Morgan fingerprint density at radius 3 is 2.32 bits per heavy atom. The van der Waals surface area contributed by atoms with E-state index in [1.807, 2.05) is 0 Å². The largest absolute Gasteiger partial charge is 0.454 e. The fraction of sp³-hybridized carbons (Fsp3) is 0.318. The van der Waals surface area contributed by atoms with E-state index in [9.17, 15) is 23.2 Å². The zero-order valence-corrected chi connectivity index (χ0v) is 18.2. The molecule has 0 heterocycles. The Kier molecular flexibility index (Phi) is 8.99. The third-order valence-corrected chi connectivity index (χ3v) is 5.11. The van der Waals surface area contributed by atoms with E-state index in [4.69, 9.17) is 4.74 Å². The monoisotopic (exact) mass is 450 g/mol. The van der Waals surface area contributed by atoms with Crippen molar-refractivity contribution in [1.29, 1.82) is 0 Å². The van der Waals surface area contributed by atoms with E-state index < -0.39 is 36.2 Å². The van der Waals surface area contributed by atoms with Crippen LogP contribution in [0.15, 0.2) is 53.4 Å². The smallest absolute Gasteiger partial charge is 0.329 e. The average molecular weight is 451 g/mol. The van der Waals surface area contributed by atoms with Gasteiger partial charge in [-0.2, -0.15) is 8.78 Å². The molecular weight excluding hydrogens is 426 g/mol. The van der Waals surface area contributed by atoms with Crippen LogP contribution in [0, 0.1) is 12.8 Å². The minimum Gasteiger partial charge on any atom is -0.454 e. The lowest BCUT2D eigenvalue weighted by molar-refractivity contribution is -0.150. The van der Waals surface area contributed by atoms with Crippen molar-refractivity contribution < 1.29 is 27.9 Å². The Balaban J connectivity index is 1.97. The number of aryl methyl sites for hydroxylation is 1. The zero-order chi connectivity index (χ0) is 23.0. The molecule has 166 valence electrons. The number of ether oxygens (including phenoxy) is 1. The van der Waals surface area contributed by atoms with Crippen molar-refractivity contribution in [2.75, 3.05) is 11.9 Å². The summed E-state index contributed by atoms with van der Waals surface area (Å²) in [6, 6.07) is 12.1. The molecule has 0 radical (unpaired) electrons. The first-order chi connectivity index (χ1) is 14.7. The fourth-order valence-electron chi connectivity index (χ4n) is 2.73. The molecule has 1 atom stereocenters. The fourth-order valence-corrected chi connectivity index (χ4v) is 3.32. The van der Waals surface area contributed by atoms with Crippen LogP contribution < -0.4 is 10.6 Å². The Labute approximate surface area is 183 Å². The number of benzene rings is 2. The molecule has 0 aliphatic rings. The van der Waals surface area contributed by atoms with Gasteiger partial charge < -0.3 is 15.4 Å². The number of carbonyl (C=O) groups is 3. The van der Waals surface area contributed by atoms with Crippen LogP contribution in [0.25, 0.3) is 0 Å². The van der Waals surface area contributed by atoms with Gasteiger partial charge in [-0.05, 0) is 36.6 Å². The number of alkyl halides is 2.